The van der Waals surface area contributed by atoms with Gasteiger partial charge < -0.3 is 21.3 Å². The second-order valence-corrected chi connectivity index (χ2v) is 11.2. The molecule has 0 aromatic carbocycles. The highest BCUT2D eigenvalue weighted by Gasteiger charge is 2.44. The van der Waals surface area contributed by atoms with Crippen LogP contribution < -0.4 is 21.3 Å². The van der Waals surface area contributed by atoms with Gasteiger partial charge in [0, 0.05) is 11.5 Å². The molecule has 1 saturated heterocycles. The second-order valence-electron chi connectivity index (χ2n) is 11.2. The molecule has 1 heterocycles. The number of carbonyl (C=O) groups is 4. The second kappa shape index (κ2) is 10.4. The summed E-state index contributed by atoms with van der Waals surface area (Å²) in [5.74, 6) is -4.36. The molecular formula is C23H34F3N5O4. The van der Waals surface area contributed by atoms with Gasteiger partial charge in [-0.25, -0.2) is 0 Å². The van der Waals surface area contributed by atoms with Crippen LogP contribution in [0.5, 0.6) is 0 Å². The van der Waals surface area contributed by atoms with Gasteiger partial charge in [-0.2, -0.15) is 18.4 Å². The van der Waals surface area contributed by atoms with E-state index in [0.717, 1.165) is 12.8 Å². The van der Waals surface area contributed by atoms with E-state index in [1.807, 2.05) is 19.9 Å². The predicted octanol–water partition coefficient (Wildman–Crippen LogP) is 1.68. The molecule has 12 heteroatoms. The van der Waals surface area contributed by atoms with Gasteiger partial charge in [-0.3, -0.25) is 19.2 Å². The van der Waals surface area contributed by atoms with Crippen LogP contribution in [0.3, 0.4) is 0 Å². The lowest BCUT2D eigenvalue weighted by Gasteiger charge is -2.32. The van der Waals surface area contributed by atoms with E-state index in [1.165, 1.54) is 20.8 Å². The van der Waals surface area contributed by atoms with E-state index in [2.05, 4.69) is 16.0 Å². The Bertz CT molecular complexity index is 887. The van der Waals surface area contributed by atoms with Gasteiger partial charge in [-0.05, 0) is 44.4 Å². The molecule has 0 bridgehead atoms. The molecule has 1 aliphatic carbocycles. The minimum Gasteiger partial charge on any atom is -0.351 e. The number of carbonyl (C=O) groups excluding carboxylic acids is 4. The molecule has 35 heavy (non-hydrogen) atoms. The number of rotatable bonds is 9. The first-order valence-electron chi connectivity index (χ1n) is 11.6. The van der Waals surface area contributed by atoms with E-state index in [9.17, 15) is 37.6 Å². The Morgan fingerprint density at radius 3 is 2.11 bits per heavy atom. The van der Waals surface area contributed by atoms with Gasteiger partial charge >= 0.3 is 12.1 Å². The number of halogens is 3. The van der Waals surface area contributed by atoms with Crippen LogP contribution in [0.25, 0.3) is 0 Å². The molecule has 2 rings (SSSR count). The van der Waals surface area contributed by atoms with E-state index in [1.54, 1.807) is 5.32 Å². The number of hydrogen-bond acceptors (Lipinski definition) is 5. The molecule has 2 fully saturated rings. The third-order valence-corrected chi connectivity index (χ3v) is 6.14. The van der Waals surface area contributed by atoms with Gasteiger partial charge in [-0.15, -0.1) is 0 Å². The summed E-state index contributed by atoms with van der Waals surface area (Å²) in [5, 5.41) is 19.1. The van der Waals surface area contributed by atoms with Crippen molar-refractivity contribution in [1.29, 1.82) is 5.26 Å². The van der Waals surface area contributed by atoms with Gasteiger partial charge in [0.1, 0.15) is 18.1 Å². The van der Waals surface area contributed by atoms with Crippen LogP contribution >= 0.6 is 0 Å². The zero-order chi connectivity index (χ0) is 26.8. The number of hydrogen-bond donors (Lipinski definition) is 4. The Hall–Kier alpha value is -2.84. The summed E-state index contributed by atoms with van der Waals surface area (Å²) in [7, 11) is 0. The maximum atomic E-state index is 13.0. The predicted molar refractivity (Wildman–Crippen MR) is 119 cm³/mol. The Balaban J connectivity index is 2.10. The summed E-state index contributed by atoms with van der Waals surface area (Å²) in [6, 6.07) is -1.68. The van der Waals surface area contributed by atoms with E-state index in [4.69, 9.17) is 0 Å². The first kappa shape index (κ1) is 28.4. The van der Waals surface area contributed by atoms with E-state index < -0.39 is 58.9 Å². The van der Waals surface area contributed by atoms with Crippen LogP contribution in [0.1, 0.15) is 66.7 Å². The van der Waals surface area contributed by atoms with Crippen LogP contribution in [0.15, 0.2) is 0 Å². The number of alkyl halides is 3. The molecule has 0 radical (unpaired) electrons. The van der Waals surface area contributed by atoms with E-state index in [0.29, 0.717) is 6.42 Å². The van der Waals surface area contributed by atoms with Crippen LogP contribution in [0.2, 0.25) is 0 Å². The zero-order valence-corrected chi connectivity index (χ0v) is 20.6. The SMILES string of the molecule is CC1(C)C[C@@H](C[C@@H](C#N)NC(=O)[C@H](CC2CC2)NC(=O)C(NC(=O)C(F)(F)F)C(C)(C)C)C(=O)N1. The van der Waals surface area contributed by atoms with E-state index >= 15 is 0 Å². The van der Waals surface area contributed by atoms with Crippen molar-refractivity contribution in [3.63, 3.8) is 0 Å². The molecule has 0 aromatic rings. The molecule has 1 saturated carbocycles. The summed E-state index contributed by atoms with van der Waals surface area (Å²) < 4.78 is 38.4. The quantitative estimate of drug-likeness (QED) is 0.381. The molecule has 196 valence electrons. The lowest BCUT2D eigenvalue weighted by atomic mass is 9.85. The minimum atomic E-state index is -5.17. The van der Waals surface area contributed by atoms with Gasteiger partial charge in [0.25, 0.3) is 0 Å². The highest BCUT2D eigenvalue weighted by Crippen LogP contribution is 2.34. The van der Waals surface area contributed by atoms with Crippen molar-refractivity contribution in [2.75, 3.05) is 0 Å². The van der Waals surface area contributed by atoms with Crippen molar-refractivity contribution in [1.82, 2.24) is 21.3 Å². The Labute approximate surface area is 202 Å². The summed E-state index contributed by atoms with van der Waals surface area (Å²) in [6.45, 7) is 8.18. The summed E-state index contributed by atoms with van der Waals surface area (Å²) in [6.07, 6.45) is -2.66. The van der Waals surface area contributed by atoms with E-state index in [-0.39, 0.29) is 24.7 Å². The first-order chi connectivity index (χ1) is 15.9. The average molecular weight is 502 g/mol. The Morgan fingerprint density at radius 1 is 1.09 bits per heavy atom. The Morgan fingerprint density at radius 2 is 1.69 bits per heavy atom. The van der Waals surface area contributed by atoms with Gasteiger partial charge in [0.15, 0.2) is 0 Å². The number of nitriles is 1. The molecular weight excluding hydrogens is 467 g/mol. The molecule has 9 nitrogen and oxygen atoms in total. The van der Waals surface area contributed by atoms with Crippen LogP contribution in [-0.4, -0.2) is 53.5 Å². The van der Waals surface area contributed by atoms with Crippen LogP contribution in [0, 0.1) is 28.6 Å². The monoisotopic (exact) mass is 501 g/mol. The third-order valence-electron chi connectivity index (χ3n) is 6.14. The zero-order valence-electron chi connectivity index (χ0n) is 20.6. The summed E-state index contributed by atoms with van der Waals surface area (Å²) in [5.41, 5.74) is -1.50. The standard InChI is InChI=1S/C23H34F3N5O4/c1-21(2,3)16(30-20(35)23(24,25)26)19(34)29-15(8-12-6-7-12)18(33)28-14(11-27)9-13-10-22(4,5)31-17(13)32/h12-16H,6-10H2,1-5H3,(H,28,33)(H,29,34)(H,30,35)(H,31,32)/t13-,14+,15+,16?/m1/s1. The van der Waals surface area contributed by atoms with Crippen molar-refractivity contribution >= 4 is 23.6 Å². The molecule has 0 aromatic heterocycles. The topological polar surface area (TPSA) is 140 Å². The highest BCUT2D eigenvalue weighted by molar-refractivity contribution is 5.93. The number of nitrogens with one attached hydrogen (secondary N) is 4. The molecule has 0 spiro atoms. The maximum absolute atomic E-state index is 13.0. The molecule has 4 N–H and O–H groups in total. The van der Waals surface area contributed by atoms with Gasteiger partial charge in [0.2, 0.25) is 17.7 Å². The normalized spacial score (nSPS) is 22.3. The van der Waals surface area contributed by atoms with Crippen molar-refractivity contribution in [2.24, 2.45) is 17.3 Å². The highest BCUT2D eigenvalue weighted by atomic mass is 19.4. The number of amides is 4. The maximum Gasteiger partial charge on any atom is 0.471 e. The van der Waals surface area contributed by atoms with Crippen molar-refractivity contribution in [2.45, 2.75) is 96.6 Å². The fraction of sp³-hybridized carbons (Fsp3) is 0.783. The average Bonchev–Trinajstić information content (AvgIpc) is 3.47. The lowest BCUT2D eigenvalue weighted by molar-refractivity contribution is -0.175. The lowest BCUT2D eigenvalue weighted by Crippen LogP contribution is -2.59. The van der Waals surface area contributed by atoms with Gasteiger partial charge in [-0.1, -0.05) is 33.6 Å². The van der Waals surface area contributed by atoms with Crippen molar-refractivity contribution in [3.05, 3.63) is 0 Å². The smallest absolute Gasteiger partial charge is 0.351 e. The van der Waals surface area contributed by atoms with Crippen LogP contribution in [-0.2, 0) is 19.2 Å². The summed E-state index contributed by atoms with van der Waals surface area (Å²) in [4.78, 5) is 49.6. The largest absolute Gasteiger partial charge is 0.471 e. The molecule has 2 aliphatic rings. The molecule has 1 aliphatic heterocycles. The minimum absolute atomic E-state index is 0.0911. The van der Waals surface area contributed by atoms with Gasteiger partial charge in [0.05, 0.1) is 6.07 Å². The number of nitrogens with zero attached hydrogens (tertiary/aromatic N) is 1. The first-order valence-corrected chi connectivity index (χ1v) is 11.6. The van der Waals surface area contributed by atoms with Crippen molar-refractivity contribution < 1.29 is 32.3 Å². The summed E-state index contributed by atoms with van der Waals surface area (Å²) >= 11 is 0. The molecule has 4 atom stereocenters. The van der Waals surface area contributed by atoms with Crippen LogP contribution in [0.4, 0.5) is 13.2 Å². The molecule has 4 amide bonds. The molecule has 1 unspecified atom stereocenters. The fourth-order valence-corrected chi connectivity index (χ4v) is 4.15. The Kier molecular flexibility index (Phi) is 8.45. The fourth-order valence-electron chi connectivity index (χ4n) is 4.15. The third kappa shape index (κ3) is 8.40. The van der Waals surface area contributed by atoms with Crippen molar-refractivity contribution in [3.8, 4) is 6.07 Å².